The van der Waals surface area contributed by atoms with Crippen LogP contribution in [-0.4, -0.2) is 0 Å². The zero-order valence-corrected chi connectivity index (χ0v) is 8.83. The van der Waals surface area contributed by atoms with Crippen LogP contribution in [0.5, 0.6) is 0 Å². The van der Waals surface area contributed by atoms with E-state index in [4.69, 9.17) is 0 Å². The molecule has 0 heterocycles. The van der Waals surface area contributed by atoms with Gasteiger partial charge in [0.15, 0.2) is 0 Å². The minimum atomic E-state index is 0. The average Bonchev–Trinajstić information content (AvgIpc) is 1.88. The van der Waals surface area contributed by atoms with Gasteiger partial charge in [0.05, 0.1) is 0 Å². The molecule has 0 spiro atoms. The molecule has 0 rings (SSSR count). The third-order valence-corrected chi connectivity index (χ3v) is 1.000. The van der Waals surface area contributed by atoms with E-state index < -0.39 is 0 Å². The number of hydrogen-bond acceptors (Lipinski definition) is 0. The second kappa shape index (κ2) is 31.9. The minimum Gasteiger partial charge on any atom is -1.00 e. The van der Waals surface area contributed by atoms with Crippen LogP contribution in [0.3, 0.4) is 0 Å². The van der Waals surface area contributed by atoms with Gasteiger partial charge in [-0.05, 0) is 0 Å². The molecule has 56 valence electrons. The van der Waals surface area contributed by atoms with E-state index >= 15 is 0 Å². The van der Waals surface area contributed by atoms with E-state index in [1.54, 1.807) is 0 Å². The molecule has 2 heteroatoms. The fourth-order valence-electron chi connectivity index (χ4n) is 0. The molecule has 0 N–H and O–H groups in total. The Hall–Kier alpha value is 1.19. The first-order valence-electron chi connectivity index (χ1n) is 3.83. The van der Waals surface area contributed by atoms with Gasteiger partial charge >= 0.3 is 37.7 Å². The summed E-state index contributed by atoms with van der Waals surface area (Å²) in [5.74, 6) is 0. The second-order valence-corrected chi connectivity index (χ2v) is 2.00. The first-order valence-corrected chi connectivity index (χ1v) is 3.83. The quantitative estimate of drug-likeness (QED) is 0.376. The summed E-state index contributed by atoms with van der Waals surface area (Å²) in [7, 11) is 0. The Morgan fingerprint density at radius 3 is 0.700 bits per heavy atom. The summed E-state index contributed by atoms with van der Waals surface area (Å²) in [6, 6.07) is 0. The van der Waals surface area contributed by atoms with Crippen LogP contribution in [0, 0.1) is 0 Å². The van der Waals surface area contributed by atoms with Crippen LogP contribution >= 0.6 is 0 Å². The first-order chi connectivity index (χ1) is 3.83. The summed E-state index contributed by atoms with van der Waals surface area (Å²) in [5, 5.41) is 0. The maximum atomic E-state index is 2.18. The van der Waals surface area contributed by atoms with Gasteiger partial charge in [-0.1, -0.05) is 53.4 Å². The fourth-order valence-corrected chi connectivity index (χ4v) is 0. The smallest absolute Gasteiger partial charge is 1.00 e. The van der Waals surface area contributed by atoms with Gasteiger partial charge in [-0.3, -0.25) is 0 Å². The SMILES string of the molecule is CCCC.CCCC.[H-].[H-].[Li+].[Li+]. The topological polar surface area (TPSA) is 0 Å². The van der Waals surface area contributed by atoms with E-state index in [-0.39, 0.29) is 40.6 Å². The van der Waals surface area contributed by atoms with Crippen LogP contribution in [0.1, 0.15) is 56.2 Å². The van der Waals surface area contributed by atoms with Crippen molar-refractivity contribution in [2.75, 3.05) is 0 Å². The van der Waals surface area contributed by atoms with Gasteiger partial charge in [-0.15, -0.1) is 0 Å². The van der Waals surface area contributed by atoms with Crippen molar-refractivity contribution in [3.8, 4) is 0 Å². The minimum absolute atomic E-state index is 0. The van der Waals surface area contributed by atoms with Gasteiger partial charge in [0.2, 0.25) is 0 Å². The molecule has 0 amide bonds. The number of hydrogen-bond donors (Lipinski definition) is 0. The molecule has 0 nitrogen and oxygen atoms in total. The molecule has 0 saturated carbocycles. The molecule has 0 bridgehead atoms. The Morgan fingerprint density at radius 1 is 0.600 bits per heavy atom. The normalized spacial score (nSPS) is 6.00. The second-order valence-electron chi connectivity index (χ2n) is 2.00. The molecule has 0 aromatic heterocycles. The van der Waals surface area contributed by atoms with E-state index in [0.717, 1.165) is 0 Å². The van der Waals surface area contributed by atoms with Gasteiger partial charge in [0.25, 0.3) is 0 Å². The molecule has 0 radical (unpaired) electrons. The Balaban J connectivity index is -0.0000000112. The molecular weight excluding hydrogens is 110 g/mol. The third-order valence-electron chi connectivity index (χ3n) is 1.000. The van der Waals surface area contributed by atoms with Crippen molar-refractivity contribution < 1.29 is 40.6 Å². The molecule has 0 aliphatic heterocycles. The van der Waals surface area contributed by atoms with E-state index in [1.165, 1.54) is 25.7 Å². The largest absolute Gasteiger partial charge is 1.00 e. The summed E-state index contributed by atoms with van der Waals surface area (Å²) in [6.07, 6.45) is 5.28. The molecule has 0 aliphatic carbocycles. The molecule has 0 saturated heterocycles. The van der Waals surface area contributed by atoms with Crippen LogP contribution in [0.25, 0.3) is 0 Å². The van der Waals surface area contributed by atoms with Crippen LogP contribution in [0.4, 0.5) is 0 Å². The molecular formula is C8H22Li2. The van der Waals surface area contributed by atoms with Crippen LogP contribution in [-0.2, 0) is 0 Å². The van der Waals surface area contributed by atoms with Crippen molar-refractivity contribution in [2.45, 2.75) is 53.4 Å². The third kappa shape index (κ3) is 60.5. The first kappa shape index (κ1) is 22.5. The van der Waals surface area contributed by atoms with Gasteiger partial charge in [0.1, 0.15) is 0 Å². The van der Waals surface area contributed by atoms with E-state index in [1.807, 2.05) is 0 Å². The molecule has 0 aliphatic rings. The zero-order valence-electron chi connectivity index (χ0n) is 10.8. The maximum Gasteiger partial charge on any atom is 1.00 e. The molecule has 10 heavy (non-hydrogen) atoms. The van der Waals surface area contributed by atoms with Crippen molar-refractivity contribution in [1.29, 1.82) is 0 Å². The summed E-state index contributed by atoms with van der Waals surface area (Å²) in [4.78, 5) is 0. The summed E-state index contributed by atoms with van der Waals surface area (Å²) < 4.78 is 0. The van der Waals surface area contributed by atoms with Crippen LogP contribution in [0.15, 0.2) is 0 Å². The molecule has 0 atom stereocenters. The monoisotopic (exact) mass is 132 g/mol. The Bertz CT molecular complexity index is 23.0. The number of unbranched alkanes of at least 4 members (excludes halogenated alkanes) is 2. The number of rotatable bonds is 2. The fraction of sp³-hybridized carbons (Fsp3) is 1.00. The van der Waals surface area contributed by atoms with Crippen molar-refractivity contribution in [3.05, 3.63) is 0 Å². The van der Waals surface area contributed by atoms with Gasteiger partial charge in [-0.25, -0.2) is 0 Å². The predicted octanol–water partition coefficient (Wildman–Crippen LogP) is -2.15. The Kier molecular flexibility index (Phi) is 71.8. The van der Waals surface area contributed by atoms with Crippen molar-refractivity contribution in [3.63, 3.8) is 0 Å². The Labute approximate surface area is 93.9 Å². The molecule has 0 aromatic rings. The van der Waals surface area contributed by atoms with Crippen LogP contribution < -0.4 is 37.7 Å². The molecule has 0 aromatic carbocycles. The maximum absolute atomic E-state index is 2.18. The van der Waals surface area contributed by atoms with Gasteiger partial charge in [0, 0.05) is 0 Å². The zero-order chi connectivity index (χ0) is 6.83. The summed E-state index contributed by atoms with van der Waals surface area (Å²) in [6.45, 7) is 8.72. The summed E-state index contributed by atoms with van der Waals surface area (Å²) >= 11 is 0. The summed E-state index contributed by atoms with van der Waals surface area (Å²) in [5.41, 5.74) is 0. The van der Waals surface area contributed by atoms with E-state index in [9.17, 15) is 0 Å². The molecule has 0 fully saturated rings. The standard InChI is InChI=1S/2C4H10.2Li.2H/c2*1-3-4-2;;;;/h2*3-4H2,1-2H3;;;;/q;;2*+1;2*-1. The van der Waals surface area contributed by atoms with Gasteiger partial charge in [-0.2, -0.15) is 0 Å². The van der Waals surface area contributed by atoms with E-state index in [2.05, 4.69) is 27.7 Å². The average molecular weight is 132 g/mol. The van der Waals surface area contributed by atoms with Crippen molar-refractivity contribution in [2.24, 2.45) is 0 Å². The van der Waals surface area contributed by atoms with Crippen molar-refractivity contribution in [1.82, 2.24) is 0 Å². The predicted molar refractivity (Wildman–Crippen MR) is 43.4 cm³/mol. The van der Waals surface area contributed by atoms with Crippen LogP contribution in [0.2, 0.25) is 0 Å². The van der Waals surface area contributed by atoms with E-state index in [0.29, 0.717) is 0 Å². The molecule has 0 unspecified atom stereocenters. The van der Waals surface area contributed by atoms with Crippen molar-refractivity contribution >= 4 is 0 Å². The Morgan fingerprint density at radius 2 is 0.700 bits per heavy atom. The van der Waals surface area contributed by atoms with Gasteiger partial charge < -0.3 is 2.85 Å².